The number of aliphatic carboxylic acids is 1. The molecule has 7 heteroatoms. The lowest BCUT2D eigenvalue weighted by molar-refractivity contribution is -0.143. The fourth-order valence-corrected chi connectivity index (χ4v) is 5.33. The minimum Gasteiger partial charge on any atom is -0.481 e. The van der Waals surface area contributed by atoms with Crippen LogP contribution in [0.2, 0.25) is 0 Å². The van der Waals surface area contributed by atoms with E-state index in [2.05, 4.69) is 21.5 Å². The van der Waals surface area contributed by atoms with Gasteiger partial charge in [-0.05, 0) is 43.8 Å². The van der Waals surface area contributed by atoms with Crippen molar-refractivity contribution in [3.8, 4) is 0 Å². The third kappa shape index (κ3) is 4.82. The summed E-state index contributed by atoms with van der Waals surface area (Å²) in [5, 5.41) is 11.4. The number of carboxylic acids is 1. The van der Waals surface area contributed by atoms with Crippen molar-refractivity contribution >= 4 is 17.7 Å². The minimum atomic E-state index is -0.632. The summed E-state index contributed by atoms with van der Waals surface area (Å²) in [6.45, 7) is 0. The Morgan fingerprint density at radius 3 is 2.52 bits per heavy atom. The van der Waals surface area contributed by atoms with Crippen molar-refractivity contribution in [1.82, 2.24) is 21.5 Å². The molecule has 6 nitrogen and oxygen atoms in total. The van der Waals surface area contributed by atoms with Gasteiger partial charge in [-0.1, -0.05) is 32.1 Å². The van der Waals surface area contributed by atoms with E-state index in [9.17, 15) is 4.79 Å². The van der Waals surface area contributed by atoms with Gasteiger partial charge in [-0.2, -0.15) is 16.1 Å². The van der Waals surface area contributed by atoms with Crippen molar-refractivity contribution in [3.63, 3.8) is 0 Å². The largest absolute Gasteiger partial charge is 0.481 e. The molecule has 4 N–H and O–H groups in total. The molecule has 2 saturated carbocycles. The Bertz CT molecular complexity index is 384. The molecule has 3 aliphatic rings. The highest BCUT2D eigenvalue weighted by Gasteiger charge is 2.35. The predicted octanol–water partition coefficient (Wildman–Crippen LogP) is 2.45. The van der Waals surface area contributed by atoms with E-state index >= 15 is 0 Å². The van der Waals surface area contributed by atoms with Gasteiger partial charge in [-0.25, -0.2) is 5.43 Å². The molecule has 1 unspecified atom stereocenters. The molecule has 0 amide bonds. The molecule has 0 aromatic carbocycles. The van der Waals surface area contributed by atoms with Gasteiger partial charge in [-0.3, -0.25) is 4.79 Å². The van der Waals surface area contributed by atoms with E-state index in [0.717, 1.165) is 31.6 Å². The smallest absolute Gasteiger partial charge is 0.306 e. The van der Waals surface area contributed by atoms with Gasteiger partial charge in [0.25, 0.3) is 0 Å². The van der Waals surface area contributed by atoms with Gasteiger partial charge in [0, 0.05) is 6.04 Å². The van der Waals surface area contributed by atoms with Crippen LogP contribution < -0.4 is 16.5 Å². The average molecular weight is 343 g/mol. The van der Waals surface area contributed by atoms with Crippen LogP contribution in [0.3, 0.4) is 0 Å². The van der Waals surface area contributed by atoms with Crippen molar-refractivity contribution in [1.29, 1.82) is 0 Å². The average Bonchev–Trinajstić information content (AvgIpc) is 3.04. The third-order valence-electron chi connectivity index (χ3n) is 5.60. The van der Waals surface area contributed by atoms with Crippen LogP contribution >= 0.6 is 11.8 Å². The van der Waals surface area contributed by atoms with Crippen LogP contribution in [0.1, 0.15) is 64.2 Å². The van der Waals surface area contributed by atoms with Crippen LogP contribution in [0.25, 0.3) is 0 Å². The Labute approximate surface area is 143 Å². The van der Waals surface area contributed by atoms with E-state index in [1.165, 1.54) is 44.3 Å². The zero-order valence-corrected chi connectivity index (χ0v) is 14.6. The first-order valence-electron chi connectivity index (χ1n) is 9.13. The number of carboxylic acid groups (broad SMARTS) is 1. The first-order chi connectivity index (χ1) is 11.2. The van der Waals surface area contributed by atoms with Crippen molar-refractivity contribution in [2.45, 2.75) is 75.7 Å². The van der Waals surface area contributed by atoms with Gasteiger partial charge in [0.2, 0.25) is 0 Å². The minimum absolute atomic E-state index is 0.146. The molecule has 0 aromatic heterocycles. The van der Waals surface area contributed by atoms with Crippen LogP contribution in [-0.4, -0.2) is 33.4 Å². The third-order valence-corrected chi connectivity index (χ3v) is 6.73. The molecule has 132 valence electrons. The summed E-state index contributed by atoms with van der Waals surface area (Å²) in [6.07, 6.45) is 11.9. The number of nitrogens with one attached hydrogen (secondary N) is 3. The molecular weight excluding hydrogens is 312 g/mol. The lowest BCUT2D eigenvalue weighted by Crippen LogP contribution is -2.48. The fourth-order valence-electron chi connectivity index (χ4n) is 4.11. The fraction of sp³-hybridized carbons (Fsp3) is 0.938. The summed E-state index contributed by atoms with van der Waals surface area (Å²) in [5.74, 6) is 1.34. The topological polar surface area (TPSA) is 76.6 Å². The highest BCUT2D eigenvalue weighted by Crippen LogP contribution is 2.32. The lowest BCUT2D eigenvalue weighted by atomic mass is 9.86. The number of hydrogen-bond donors (Lipinski definition) is 4. The Kier molecular flexibility index (Phi) is 6.59. The van der Waals surface area contributed by atoms with Gasteiger partial charge in [-0.15, -0.1) is 11.8 Å². The number of rotatable bonds is 6. The van der Waals surface area contributed by atoms with E-state index in [1.54, 1.807) is 0 Å². The van der Waals surface area contributed by atoms with E-state index in [4.69, 9.17) is 5.11 Å². The summed E-state index contributed by atoms with van der Waals surface area (Å²) in [4.78, 5) is 11.1. The summed E-state index contributed by atoms with van der Waals surface area (Å²) in [6, 6.07) is 0.417. The molecule has 3 rings (SSSR count). The zero-order valence-electron chi connectivity index (χ0n) is 13.8. The normalized spacial score (nSPS) is 33.8. The molecule has 1 atom stereocenters. The molecular formula is C16H30N4O2S. The van der Waals surface area contributed by atoms with Gasteiger partial charge < -0.3 is 5.11 Å². The molecule has 0 bridgehead atoms. The van der Waals surface area contributed by atoms with Gasteiger partial charge in [0.15, 0.2) is 0 Å². The first-order valence-corrected chi connectivity index (χ1v) is 10.2. The molecule has 1 saturated heterocycles. The number of thioether (sulfide) groups is 1. The molecule has 2 aliphatic carbocycles. The molecule has 0 spiro atoms. The van der Waals surface area contributed by atoms with E-state index < -0.39 is 5.97 Å². The number of carbonyl (C=O) groups is 1. The molecule has 3 fully saturated rings. The zero-order chi connectivity index (χ0) is 16.1. The predicted molar refractivity (Wildman–Crippen MR) is 92.1 cm³/mol. The molecule has 1 heterocycles. The monoisotopic (exact) mass is 342 g/mol. The van der Waals surface area contributed by atoms with Crippen molar-refractivity contribution < 1.29 is 9.90 Å². The number of nitrogens with zero attached hydrogens (tertiary/aromatic N) is 1. The molecule has 1 aliphatic heterocycles. The Hall–Kier alpha value is -0.340. The summed E-state index contributed by atoms with van der Waals surface area (Å²) in [5.41, 5.74) is 9.77. The first kappa shape index (κ1) is 17.5. The van der Waals surface area contributed by atoms with Crippen LogP contribution in [0.4, 0.5) is 0 Å². The number of hydrazine groups is 3. The maximum absolute atomic E-state index is 11.1. The summed E-state index contributed by atoms with van der Waals surface area (Å²) < 4.78 is 0. The summed E-state index contributed by atoms with van der Waals surface area (Å²) >= 11 is 1.96. The Morgan fingerprint density at radius 1 is 1.09 bits per heavy atom. The van der Waals surface area contributed by atoms with Crippen LogP contribution in [0, 0.1) is 11.8 Å². The van der Waals surface area contributed by atoms with Gasteiger partial charge in [0.1, 0.15) is 5.50 Å². The standard InChI is InChI=1S/C16H30N4O2S/c21-15(22)13-6-8-14(9-7-13)20-16(17-18-19-20)23-11-10-12-4-2-1-3-5-12/h12-14,16-19H,1-11H2,(H,21,22). The Morgan fingerprint density at radius 2 is 1.83 bits per heavy atom. The van der Waals surface area contributed by atoms with E-state index in [-0.39, 0.29) is 11.4 Å². The molecule has 23 heavy (non-hydrogen) atoms. The van der Waals surface area contributed by atoms with Crippen molar-refractivity contribution in [2.75, 3.05) is 5.75 Å². The second-order valence-electron chi connectivity index (χ2n) is 7.15. The lowest BCUT2D eigenvalue weighted by Gasteiger charge is -2.35. The van der Waals surface area contributed by atoms with Crippen LogP contribution in [0.15, 0.2) is 0 Å². The number of hydrogen-bond acceptors (Lipinski definition) is 6. The highest BCUT2D eigenvalue weighted by atomic mass is 32.2. The maximum atomic E-state index is 11.1. The van der Waals surface area contributed by atoms with Crippen molar-refractivity contribution in [2.24, 2.45) is 11.8 Å². The molecule has 0 radical (unpaired) electrons. The van der Waals surface area contributed by atoms with Crippen molar-refractivity contribution in [3.05, 3.63) is 0 Å². The Balaban J connectivity index is 1.40. The second kappa shape index (κ2) is 8.67. The second-order valence-corrected chi connectivity index (χ2v) is 8.34. The van der Waals surface area contributed by atoms with E-state index in [1.807, 2.05) is 11.8 Å². The highest BCUT2D eigenvalue weighted by molar-refractivity contribution is 7.99. The SMILES string of the molecule is O=C(O)C1CCC(N2NNNC2SCCC2CCCCC2)CC1. The van der Waals surface area contributed by atoms with Crippen LogP contribution in [-0.2, 0) is 4.79 Å². The molecule has 0 aromatic rings. The van der Waals surface area contributed by atoms with Gasteiger partial charge >= 0.3 is 5.97 Å². The summed E-state index contributed by atoms with van der Waals surface area (Å²) in [7, 11) is 0. The maximum Gasteiger partial charge on any atom is 0.306 e. The van der Waals surface area contributed by atoms with E-state index in [0.29, 0.717) is 6.04 Å². The van der Waals surface area contributed by atoms with Gasteiger partial charge in [0.05, 0.1) is 5.92 Å². The van der Waals surface area contributed by atoms with Crippen LogP contribution in [0.5, 0.6) is 0 Å². The quantitative estimate of drug-likeness (QED) is 0.591.